The van der Waals surface area contributed by atoms with E-state index in [0.717, 1.165) is 30.4 Å². The lowest BCUT2D eigenvalue weighted by Gasteiger charge is -2.38. The maximum absolute atomic E-state index is 13.5. The molecule has 1 saturated carbocycles. The summed E-state index contributed by atoms with van der Waals surface area (Å²) in [6.07, 6.45) is 4.28. The molecule has 0 atom stereocenters. The van der Waals surface area contributed by atoms with Crippen LogP contribution in [0.3, 0.4) is 0 Å². The molecule has 6 heteroatoms. The molecular weight excluding hydrogens is 376 g/mol. The molecule has 2 aromatic carbocycles. The highest BCUT2D eigenvalue weighted by Crippen LogP contribution is 2.41. The molecule has 3 amide bonds. The van der Waals surface area contributed by atoms with Gasteiger partial charge in [-0.2, -0.15) is 10.5 Å². The zero-order chi connectivity index (χ0) is 21.1. The number of urea groups is 1. The zero-order valence-corrected chi connectivity index (χ0v) is 16.7. The molecule has 0 aromatic heterocycles. The molecule has 2 aromatic rings. The fourth-order valence-electron chi connectivity index (χ4n) is 4.50. The van der Waals surface area contributed by atoms with Crippen molar-refractivity contribution in [1.82, 2.24) is 9.80 Å². The predicted octanol–water partition coefficient (Wildman–Crippen LogP) is 4.10. The average Bonchev–Trinajstić information content (AvgIpc) is 2.97. The largest absolute Gasteiger partial charge is 0.328 e. The first-order valence-corrected chi connectivity index (χ1v) is 10.2. The van der Waals surface area contributed by atoms with Crippen LogP contribution in [0.15, 0.2) is 48.5 Å². The van der Waals surface area contributed by atoms with Gasteiger partial charge in [0.1, 0.15) is 5.54 Å². The van der Waals surface area contributed by atoms with Crippen molar-refractivity contribution in [3.05, 3.63) is 70.8 Å². The average molecular weight is 398 g/mol. The van der Waals surface area contributed by atoms with Gasteiger partial charge in [-0.25, -0.2) is 4.79 Å². The number of hydrogen-bond acceptors (Lipinski definition) is 4. The van der Waals surface area contributed by atoms with Gasteiger partial charge in [0, 0.05) is 6.54 Å². The third kappa shape index (κ3) is 3.42. The monoisotopic (exact) mass is 398 g/mol. The minimum absolute atomic E-state index is 0.120. The number of nitrogens with zero attached hydrogens (tertiary/aromatic N) is 4. The van der Waals surface area contributed by atoms with E-state index < -0.39 is 5.54 Å². The molecule has 2 aliphatic rings. The number of hydrogen-bond donors (Lipinski definition) is 0. The van der Waals surface area contributed by atoms with Gasteiger partial charge in [0.2, 0.25) is 0 Å². The Bertz CT molecular complexity index is 1040. The Morgan fingerprint density at radius 1 is 0.767 bits per heavy atom. The second-order valence-electron chi connectivity index (χ2n) is 7.97. The van der Waals surface area contributed by atoms with Crippen LogP contribution in [0.1, 0.15) is 54.4 Å². The first-order chi connectivity index (χ1) is 14.6. The van der Waals surface area contributed by atoms with Crippen molar-refractivity contribution in [3.63, 3.8) is 0 Å². The van der Waals surface area contributed by atoms with Crippen LogP contribution in [-0.2, 0) is 17.9 Å². The fraction of sp³-hybridized carbons (Fsp3) is 0.333. The molecule has 4 rings (SSSR count). The molecule has 0 bridgehead atoms. The molecule has 30 heavy (non-hydrogen) atoms. The van der Waals surface area contributed by atoms with Crippen molar-refractivity contribution in [2.45, 2.75) is 50.7 Å². The summed E-state index contributed by atoms with van der Waals surface area (Å²) < 4.78 is 0. The molecule has 1 aliphatic carbocycles. The number of imide groups is 1. The van der Waals surface area contributed by atoms with Gasteiger partial charge in [0.25, 0.3) is 5.91 Å². The number of carbonyl (C=O) groups excluding carboxylic acids is 2. The fourth-order valence-corrected chi connectivity index (χ4v) is 4.50. The smallest absolute Gasteiger partial charge is 0.305 e. The van der Waals surface area contributed by atoms with E-state index in [2.05, 4.69) is 12.1 Å². The Kier molecular flexibility index (Phi) is 5.25. The highest BCUT2D eigenvalue weighted by atomic mass is 16.2. The van der Waals surface area contributed by atoms with Crippen molar-refractivity contribution in [1.29, 1.82) is 10.5 Å². The minimum Gasteiger partial charge on any atom is -0.305 e. The summed E-state index contributed by atoms with van der Waals surface area (Å²) >= 11 is 0. The standard InChI is InChI=1S/C24H22N4O2/c25-14-18-4-8-20(9-5-18)16-27-22(29)24(12-2-1-3-13-24)28(23(27)30)17-21-10-6-19(15-26)7-11-21/h4-11H,1-3,12-13,16-17H2. The number of rotatable bonds is 4. The molecule has 1 saturated heterocycles. The van der Waals surface area contributed by atoms with Gasteiger partial charge in [-0.15, -0.1) is 0 Å². The SMILES string of the molecule is N#Cc1ccc(CN2C(=O)N(Cc3ccc(C#N)cc3)C3(CCCCC3)C2=O)cc1. The van der Waals surface area contributed by atoms with E-state index in [1.807, 2.05) is 12.1 Å². The van der Waals surface area contributed by atoms with E-state index in [9.17, 15) is 9.59 Å². The molecule has 1 spiro atoms. The van der Waals surface area contributed by atoms with Gasteiger partial charge in [-0.05, 0) is 48.2 Å². The Labute approximate surface area is 175 Å². The molecule has 150 valence electrons. The quantitative estimate of drug-likeness (QED) is 0.726. The van der Waals surface area contributed by atoms with E-state index in [1.165, 1.54) is 4.90 Å². The summed E-state index contributed by atoms with van der Waals surface area (Å²) in [4.78, 5) is 30.0. The van der Waals surface area contributed by atoms with Crippen molar-refractivity contribution in [3.8, 4) is 12.1 Å². The molecule has 0 N–H and O–H groups in total. The van der Waals surface area contributed by atoms with Crippen molar-refractivity contribution in [2.75, 3.05) is 0 Å². The van der Waals surface area contributed by atoms with Crippen LogP contribution < -0.4 is 0 Å². The number of benzene rings is 2. The molecule has 0 unspecified atom stereocenters. The Morgan fingerprint density at radius 3 is 1.77 bits per heavy atom. The lowest BCUT2D eigenvalue weighted by Crippen LogP contribution is -2.50. The van der Waals surface area contributed by atoms with Crippen LogP contribution >= 0.6 is 0 Å². The van der Waals surface area contributed by atoms with Crippen LogP contribution in [0, 0.1) is 22.7 Å². The lowest BCUT2D eigenvalue weighted by atomic mass is 9.80. The number of nitriles is 2. The van der Waals surface area contributed by atoms with Crippen LogP contribution in [0.25, 0.3) is 0 Å². The number of carbonyl (C=O) groups is 2. The van der Waals surface area contributed by atoms with Gasteiger partial charge < -0.3 is 4.90 Å². The number of amides is 3. The minimum atomic E-state index is -0.782. The van der Waals surface area contributed by atoms with Crippen molar-refractivity contribution < 1.29 is 9.59 Å². The Morgan fingerprint density at radius 2 is 1.27 bits per heavy atom. The normalized spacial score (nSPS) is 17.8. The maximum atomic E-state index is 13.5. The predicted molar refractivity (Wildman–Crippen MR) is 110 cm³/mol. The van der Waals surface area contributed by atoms with Gasteiger partial charge >= 0.3 is 6.03 Å². The van der Waals surface area contributed by atoms with Gasteiger partial charge in [-0.3, -0.25) is 9.69 Å². The van der Waals surface area contributed by atoms with Crippen LogP contribution in [0.5, 0.6) is 0 Å². The molecule has 6 nitrogen and oxygen atoms in total. The molecule has 1 aliphatic heterocycles. The maximum Gasteiger partial charge on any atom is 0.328 e. The first-order valence-electron chi connectivity index (χ1n) is 10.2. The first kappa shape index (κ1) is 19.7. The van der Waals surface area contributed by atoms with Crippen LogP contribution in [-0.4, -0.2) is 27.3 Å². The van der Waals surface area contributed by atoms with E-state index in [-0.39, 0.29) is 18.5 Å². The molecule has 2 fully saturated rings. The van der Waals surface area contributed by atoms with Gasteiger partial charge in [0.05, 0.1) is 29.8 Å². The van der Waals surface area contributed by atoms with Gasteiger partial charge in [-0.1, -0.05) is 43.5 Å². The van der Waals surface area contributed by atoms with Crippen LogP contribution in [0.4, 0.5) is 4.79 Å². The summed E-state index contributed by atoms with van der Waals surface area (Å²) in [7, 11) is 0. The summed E-state index contributed by atoms with van der Waals surface area (Å²) in [6, 6.07) is 18.0. The van der Waals surface area contributed by atoms with E-state index in [1.54, 1.807) is 41.3 Å². The highest BCUT2D eigenvalue weighted by molar-refractivity contribution is 6.07. The third-order valence-corrected chi connectivity index (χ3v) is 6.15. The summed E-state index contributed by atoms with van der Waals surface area (Å²) in [5.74, 6) is -0.120. The van der Waals surface area contributed by atoms with Crippen molar-refractivity contribution in [2.24, 2.45) is 0 Å². The third-order valence-electron chi connectivity index (χ3n) is 6.15. The van der Waals surface area contributed by atoms with Crippen molar-refractivity contribution >= 4 is 11.9 Å². The van der Waals surface area contributed by atoms with Gasteiger partial charge in [0.15, 0.2) is 0 Å². The van der Waals surface area contributed by atoms with Crippen LogP contribution in [0.2, 0.25) is 0 Å². The molecule has 1 heterocycles. The second kappa shape index (κ2) is 8.00. The summed E-state index contributed by atoms with van der Waals surface area (Å²) in [6.45, 7) is 0.551. The topological polar surface area (TPSA) is 88.2 Å². The lowest BCUT2D eigenvalue weighted by molar-refractivity contribution is -0.135. The van der Waals surface area contributed by atoms with E-state index in [4.69, 9.17) is 10.5 Å². The molecule has 0 radical (unpaired) electrons. The van der Waals surface area contributed by atoms with E-state index in [0.29, 0.717) is 30.5 Å². The molecular formula is C24H22N4O2. The highest BCUT2D eigenvalue weighted by Gasteiger charge is 2.56. The zero-order valence-electron chi connectivity index (χ0n) is 16.7. The second-order valence-corrected chi connectivity index (χ2v) is 7.97. The summed E-state index contributed by atoms with van der Waals surface area (Å²) in [5.41, 5.74) is 2.05. The Hall–Kier alpha value is -3.64. The van der Waals surface area contributed by atoms with E-state index >= 15 is 0 Å². The Balaban J connectivity index is 1.63. The summed E-state index contributed by atoms with van der Waals surface area (Å²) in [5, 5.41) is 18.0.